The Balaban J connectivity index is 1.77. The second kappa shape index (κ2) is 6.62. The molecule has 2 amide bonds. The molecule has 2 aromatic carbocycles. The zero-order valence-corrected chi connectivity index (χ0v) is 13.5. The molecular weight excluding hydrogens is 308 g/mol. The smallest absolute Gasteiger partial charge is 0.267 e. The molecule has 24 heavy (non-hydrogen) atoms. The number of anilines is 2. The monoisotopic (exact) mass is 326 g/mol. The van der Waals surface area contributed by atoms with Crippen LogP contribution >= 0.6 is 0 Å². The molecule has 124 valence electrons. The maximum absolute atomic E-state index is 12.5. The van der Waals surface area contributed by atoms with E-state index >= 15 is 0 Å². The lowest BCUT2D eigenvalue weighted by Gasteiger charge is -2.33. The summed E-state index contributed by atoms with van der Waals surface area (Å²) in [6.45, 7) is 1.65. The first-order valence-corrected chi connectivity index (χ1v) is 7.57. The van der Waals surface area contributed by atoms with Crippen molar-refractivity contribution in [1.29, 1.82) is 0 Å². The Morgan fingerprint density at radius 3 is 2.54 bits per heavy atom. The van der Waals surface area contributed by atoms with E-state index < -0.39 is 6.10 Å². The number of carbonyl (C=O) groups is 2. The van der Waals surface area contributed by atoms with Crippen molar-refractivity contribution in [1.82, 2.24) is 0 Å². The van der Waals surface area contributed by atoms with E-state index in [1.807, 2.05) is 6.07 Å². The third kappa shape index (κ3) is 3.17. The minimum atomic E-state index is -0.772. The second-order valence-electron chi connectivity index (χ2n) is 5.42. The van der Waals surface area contributed by atoms with Gasteiger partial charge in [0, 0.05) is 12.6 Å². The van der Waals surface area contributed by atoms with E-state index in [1.165, 1.54) is 6.92 Å². The van der Waals surface area contributed by atoms with Crippen LogP contribution in [0.1, 0.15) is 6.92 Å². The summed E-state index contributed by atoms with van der Waals surface area (Å²) in [4.78, 5) is 25.9. The molecule has 1 heterocycles. The molecule has 0 saturated heterocycles. The van der Waals surface area contributed by atoms with Gasteiger partial charge in [0.1, 0.15) is 11.5 Å². The van der Waals surface area contributed by atoms with Gasteiger partial charge in [-0.2, -0.15) is 0 Å². The van der Waals surface area contributed by atoms with E-state index in [4.69, 9.17) is 9.47 Å². The van der Waals surface area contributed by atoms with Crippen LogP contribution < -0.4 is 19.7 Å². The summed E-state index contributed by atoms with van der Waals surface area (Å²) < 4.78 is 10.8. The molecule has 6 heteroatoms. The number of hydrogen-bond donors (Lipinski definition) is 1. The highest BCUT2D eigenvalue weighted by molar-refractivity contribution is 5.99. The van der Waals surface area contributed by atoms with Crippen LogP contribution in [0.4, 0.5) is 11.4 Å². The van der Waals surface area contributed by atoms with Crippen LogP contribution in [-0.2, 0) is 9.59 Å². The van der Waals surface area contributed by atoms with Crippen molar-refractivity contribution in [2.45, 2.75) is 13.0 Å². The maximum Gasteiger partial charge on any atom is 0.267 e. The molecule has 0 radical (unpaired) electrons. The van der Waals surface area contributed by atoms with E-state index in [9.17, 15) is 9.59 Å². The zero-order chi connectivity index (χ0) is 17.1. The van der Waals surface area contributed by atoms with Gasteiger partial charge in [0.25, 0.3) is 5.91 Å². The van der Waals surface area contributed by atoms with Crippen molar-refractivity contribution < 1.29 is 19.1 Å². The summed E-state index contributed by atoms with van der Waals surface area (Å²) in [5, 5.41) is 2.80. The Bertz CT molecular complexity index is 758. The lowest BCUT2D eigenvalue weighted by atomic mass is 10.1. The van der Waals surface area contributed by atoms with Crippen LogP contribution in [0.5, 0.6) is 11.5 Å². The minimum Gasteiger partial charge on any atom is -0.497 e. The number of nitrogens with zero attached hydrogens (tertiary/aromatic N) is 1. The highest BCUT2D eigenvalue weighted by Crippen LogP contribution is 2.33. The van der Waals surface area contributed by atoms with Crippen LogP contribution in [0, 0.1) is 0 Å². The molecule has 0 aromatic heterocycles. The van der Waals surface area contributed by atoms with Gasteiger partial charge < -0.3 is 19.7 Å². The molecule has 1 N–H and O–H groups in total. The summed E-state index contributed by atoms with van der Waals surface area (Å²) in [6.07, 6.45) is -0.772. The fourth-order valence-electron chi connectivity index (χ4n) is 2.57. The van der Waals surface area contributed by atoms with E-state index in [2.05, 4.69) is 5.32 Å². The fraction of sp³-hybridized carbons (Fsp3) is 0.222. The summed E-state index contributed by atoms with van der Waals surface area (Å²) >= 11 is 0. The average Bonchev–Trinajstić information content (AvgIpc) is 2.61. The first-order chi connectivity index (χ1) is 11.6. The molecule has 1 aliphatic rings. The third-order valence-electron chi connectivity index (χ3n) is 3.80. The van der Waals surface area contributed by atoms with E-state index in [0.29, 0.717) is 22.9 Å². The quantitative estimate of drug-likeness (QED) is 0.941. The normalized spacial score (nSPS) is 15.9. The van der Waals surface area contributed by atoms with Gasteiger partial charge in [-0.15, -0.1) is 0 Å². The molecule has 0 spiro atoms. The summed E-state index contributed by atoms with van der Waals surface area (Å²) in [7, 11) is 1.58. The SMILES string of the molecule is COc1ccc(NC(=O)[C@@H]2CN(C(C)=O)c3ccccc3O2)cc1. The fourth-order valence-corrected chi connectivity index (χ4v) is 2.57. The molecule has 0 bridgehead atoms. The summed E-state index contributed by atoms with van der Waals surface area (Å²) in [5.41, 5.74) is 1.32. The van der Waals surface area contributed by atoms with Gasteiger partial charge in [0.15, 0.2) is 6.10 Å². The minimum absolute atomic E-state index is 0.131. The molecule has 2 aromatic rings. The van der Waals surface area contributed by atoms with Gasteiger partial charge in [0.05, 0.1) is 19.3 Å². The van der Waals surface area contributed by atoms with E-state index in [1.54, 1.807) is 54.5 Å². The van der Waals surface area contributed by atoms with Crippen LogP contribution in [-0.4, -0.2) is 31.6 Å². The van der Waals surface area contributed by atoms with Crippen LogP contribution in [0.15, 0.2) is 48.5 Å². The van der Waals surface area contributed by atoms with E-state index in [0.717, 1.165) is 0 Å². The number of para-hydroxylation sites is 2. The number of benzene rings is 2. The summed E-state index contributed by atoms with van der Waals surface area (Å²) in [6, 6.07) is 14.2. The van der Waals surface area contributed by atoms with Crippen molar-refractivity contribution >= 4 is 23.2 Å². The van der Waals surface area contributed by atoms with E-state index in [-0.39, 0.29) is 18.4 Å². The Kier molecular flexibility index (Phi) is 4.37. The van der Waals surface area contributed by atoms with Crippen LogP contribution in [0.3, 0.4) is 0 Å². The topological polar surface area (TPSA) is 67.9 Å². The first-order valence-electron chi connectivity index (χ1n) is 7.57. The van der Waals surface area contributed by atoms with Crippen LogP contribution in [0.2, 0.25) is 0 Å². The van der Waals surface area contributed by atoms with Gasteiger partial charge in [-0.1, -0.05) is 12.1 Å². The molecule has 1 aliphatic heterocycles. The number of ether oxygens (including phenoxy) is 2. The van der Waals surface area contributed by atoms with Crippen molar-refractivity contribution in [3.8, 4) is 11.5 Å². The molecular formula is C18H18N2O4. The van der Waals surface area contributed by atoms with Crippen molar-refractivity contribution in [3.63, 3.8) is 0 Å². The number of hydrogen-bond acceptors (Lipinski definition) is 4. The molecule has 0 unspecified atom stereocenters. The van der Waals surface area contributed by atoms with Crippen LogP contribution in [0.25, 0.3) is 0 Å². The molecule has 3 rings (SSSR count). The lowest BCUT2D eigenvalue weighted by Crippen LogP contribution is -2.48. The highest BCUT2D eigenvalue weighted by Gasteiger charge is 2.32. The molecule has 0 saturated carbocycles. The van der Waals surface area contributed by atoms with Gasteiger partial charge in [-0.3, -0.25) is 9.59 Å². The first kappa shape index (κ1) is 15.9. The highest BCUT2D eigenvalue weighted by atomic mass is 16.5. The van der Waals surface area contributed by atoms with Crippen molar-refractivity contribution in [2.75, 3.05) is 23.9 Å². The molecule has 1 atom stereocenters. The Morgan fingerprint density at radius 2 is 1.88 bits per heavy atom. The number of methoxy groups -OCH3 is 1. The second-order valence-corrected chi connectivity index (χ2v) is 5.42. The standard InChI is InChI=1S/C18H18N2O4/c1-12(21)20-11-17(24-16-6-4-3-5-15(16)20)18(22)19-13-7-9-14(23-2)10-8-13/h3-10,17H,11H2,1-2H3,(H,19,22)/t17-/m0/s1. The Hall–Kier alpha value is -3.02. The number of fused-ring (bicyclic) bond motifs is 1. The number of amides is 2. The largest absolute Gasteiger partial charge is 0.497 e. The molecule has 0 fully saturated rings. The number of rotatable bonds is 3. The molecule has 0 aliphatic carbocycles. The van der Waals surface area contributed by atoms with Crippen molar-refractivity contribution in [3.05, 3.63) is 48.5 Å². The molecule has 6 nitrogen and oxygen atoms in total. The third-order valence-corrected chi connectivity index (χ3v) is 3.80. The van der Waals surface area contributed by atoms with Crippen molar-refractivity contribution in [2.24, 2.45) is 0 Å². The number of nitrogens with one attached hydrogen (secondary N) is 1. The zero-order valence-electron chi connectivity index (χ0n) is 13.5. The Morgan fingerprint density at radius 1 is 1.17 bits per heavy atom. The van der Waals surface area contributed by atoms with Gasteiger partial charge in [0.2, 0.25) is 5.91 Å². The summed E-state index contributed by atoms with van der Waals surface area (Å²) in [5.74, 6) is 0.793. The van der Waals surface area contributed by atoms with Gasteiger partial charge >= 0.3 is 0 Å². The average molecular weight is 326 g/mol. The van der Waals surface area contributed by atoms with Gasteiger partial charge in [-0.25, -0.2) is 0 Å². The predicted molar refractivity (Wildman–Crippen MR) is 90.5 cm³/mol. The van der Waals surface area contributed by atoms with Gasteiger partial charge in [-0.05, 0) is 36.4 Å². The lowest BCUT2D eigenvalue weighted by molar-refractivity contribution is -0.123. The predicted octanol–water partition coefficient (Wildman–Crippen LogP) is 2.45. The number of carbonyl (C=O) groups excluding carboxylic acids is 2. The maximum atomic E-state index is 12.5. The Labute approximate surface area is 140 Å².